The highest BCUT2D eigenvalue weighted by Gasteiger charge is 2.33. The van der Waals surface area contributed by atoms with Gasteiger partial charge in [-0.15, -0.1) is 0 Å². The van der Waals surface area contributed by atoms with Crippen molar-refractivity contribution in [2.45, 2.75) is 25.4 Å². The van der Waals surface area contributed by atoms with Gasteiger partial charge in [-0.3, -0.25) is 9.59 Å². The fourth-order valence-corrected chi connectivity index (χ4v) is 3.22. The van der Waals surface area contributed by atoms with Crippen LogP contribution in [0.25, 0.3) is 0 Å². The summed E-state index contributed by atoms with van der Waals surface area (Å²) in [6, 6.07) is 3.76. The molecule has 0 unspecified atom stereocenters. The summed E-state index contributed by atoms with van der Waals surface area (Å²) in [5, 5.41) is 2.78. The number of nitrogens with one attached hydrogen (secondary N) is 1. The molecule has 24 heavy (non-hydrogen) atoms. The standard InChI is InChI=1S/C17H24N4O3/c1-20(2)16-14(4-3-8-18-16)24-13-7-9-21(11-13)17(23)12-5-6-15(22)19-10-12/h3-4,8,12-13H,5-7,9-11H2,1-2H3,(H,19,22)/t12-,13-/m1/s1. The van der Waals surface area contributed by atoms with E-state index in [0.717, 1.165) is 18.0 Å². The Balaban J connectivity index is 1.58. The molecule has 1 N–H and O–H groups in total. The lowest BCUT2D eigenvalue weighted by atomic mass is 9.98. The number of piperidine rings is 1. The number of carbonyl (C=O) groups is 2. The molecule has 2 atom stereocenters. The summed E-state index contributed by atoms with van der Waals surface area (Å²) in [5.74, 6) is 1.59. The molecule has 0 radical (unpaired) electrons. The fraction of sp³-hybridized carbons (Fsp3) is 0.588. The van der Waals surface area contributed by atoms with E-state index in [-0.39, 0.29) is 23.8 Å². The van der Waals surface area contributed by atoms with Crippen LogP contribution in [-0.2, 0) is 9.59 Å². The van der Waals surface area contributed by atoms with Crippen molar-refractivity contribution < 1.29 is 14.3 Å². The number of likely N-dealkylation sites (tertiary alicyclic amines) is 1. The van der Waals surface area contributed by atoms with Crippen molar-refractivity contribution in [3.63, 3.8) is 0 Å². The molecule has 130 valence electrons. The van der Waals surface area contributed by atoms with Crippen LogP contribution >= 0.6 is 0 Å². The van der Waals surface area contributed by atoms with E-state index in [9.17, 15) is 9.59 Å². The first-order chi connectivity index (χ1) is 11.5. The van der Waals surface area contributed by atoms with Gasteiger partial charge in [0.1, 0.15) is 6.10 Å². The zero-order chi connectivity index (χ0) is 17.1. The maximum absolute atomic E-state index is 12.6. The Labute approximate surface area is 142 Å². The second kappa shape index (κ2) is 7.07. The van der Waals surface area contributed by atoms with Crippen LogP contribution in [0.5, 0.6) is 5.75 Å². The molecule has 2 saturated heterocycles. The topological polar surface area (TPSA) is 74.8 Å². The minimum atomic E-state index is -0.0998. The summed E-state index contributed by atoms with van der Waals surface area (Å²) in [4.78, 5) is 31.9. The third-order valence-corrected chi connectivity index (χ3v) is 4.54. The maximum atomic E-state index is 12.6. The molecular weight excluding hydrogens is 308 g/mol. The zero-order valence-corrected chi connectivity index (χ0v) is 14.2. The van der Waals surface area contributed by atoms with E-state index in [2.05, 4.69) is 10.3 Å². The van der Waals surface area contributed by atoms with Crippen LogP contribution in [0.2, 0.25) is 0 Å². The Morgan fingerprint density at radius 1 is 1.42 bits per heavy atom. The molecule has 0 saturated carbocycles. The van der Waals surface area contributed by atoms with Crippen molar-refractivity contribution in [2.75, 3.05) is 38.6 Å². The Kier molecular flexibility index (Phi) is 4.87. The average Bonchev–Trinajstić information content (AvgIpc) is 3.04. The van der Waals surface area contributed by atoms with Gasteiger partial charge in [0.15, 0.2) is 11.6 Å². The van der Waals surface area contributed by atoms with Crippen molar-refractivity contribution in [1.82, 2.24) is 15.2 Å². The first kappa shape index (κ1) is 16.5. The molecule has 7 nitrogen and oxygen atoms in total. The monoisotopic (exact) mass is 332 g/mol. The van der Waals surface area contributed by atoms with Gasteiger partial charge in [0.05, 0.1) is 12.5 Å². The molecule has 2 amide bonds. The third-order valence-electron chi connectivity index (χ3n) is 4.54. The van der Waals surface area contributed by atoms with Crippen LogP contribution in [0, 0.1) is 5.92 Å². The van der Waals surface area contributed by atoms with Gasteiger partial charge in [0, 0.05) is 46.2 Å². The van der Waals surface area contributed by atoms with Crippen LogP contribution in [0.3, 0.4) is 0 Å². The van der Waals surface area contributed by atoms with E-state index >= 15 is 0 Å². The number of ether oxygens (including phenoxy) is 1. The smallest absolute Gasteiger partial charge is 0.227 e. The highest BCUT2D eigenvalue weighted by molar-refractivity contribution is 5.84. The molecule has 0 aromatic carbocycles. The molecule has 2 aliphatic heterocycles. The number of hydrogen-bond acceptors (Lipinski definition) is 5. The normalized spacial score (nSPS) is 23.8. The highest BCUT2D eigenvalue weighted by Crippen LogP contribution is 2.27. The number of amides is 2. The van der Waals surface area contributed by atoms with Crippen molar-refractivity contribution >= 4 is 17.6 Å². The molecule has 0 aliphatic carbocycles. The largest absolute Gasteiger partial charge is 0.485 e. The summed E-state index contributed by atoms with van der Waals surface area (Å²) in [6.07, 6.45) is 3.61. The van der Waals surface area contributed by atoms with Crippen LogP contribution in [0.4, 0.5) is 5.82 Å². The predicted octanol–water partition coefficient (Wildman–Crippen LogP) is 0.654. The van der Waals surface area contributed by atoms with Gasteiger partial charge in [-0.05, 0) is 18.6 Å². The van der Waals surface area contributed by atoms with Gasteiger partial charge in [-0.1, -0.05) is 0 Å². The van der Waals surface area contributed by atoms with Gasteiger partial charge >= 0.3 is 0 Å². The Hall–Kier alpha value is -2.31. The number of aromatic nitrogens is 1. The van der Waals surface area contributed by atoms with Crippen molar-refractivity contribution in [3.8, 4) is 5.75 Å². The van der Waals surface area contributed by atoms with E-state index in [1.54, 1.807) is 6.20 Å². The lowest BCUT2D eigenvalue weighted by Crippen LogP contribution is -2.44. The second-order valence-corrected chi connectivity index (χ2v) is 6.57. The quantitative estimate of drug-likeness (QED) is 0.876. The predicted molar refractivity (Wildman–Crippen MR) is 89.9 cm³/mol. The summed E-state index contributed by atoms with van der Waals surface area (Å²) < 4.78 is 6.08. The van der Waals surface area contributed by atoms with E-state index in [4.69, 9.17) is 4.74 Å². The maximum Gasteiger partial charge on any atom is 0.227 e. The van der Waals surface area contributed by atoms with Gasteiger partial charge in [0.25, 0.3) is 0 Å². The van der Waals surface area contributed by atoms with Crippen LogP contribution in [0.1, 0.15) is 19.3 Å². The first-order valence-corrected chi connectivity index (χ1v) is 8.39. The molecule has 0 bridgehead atoms. The number of nitrogens with zero attached hydrogens (tertiary/aromatic N) is 3. The summed E-state index contributed by atoms with van der Waals surface area (Å²) in [5.41, 5.74) is 0. The molecule has 1 aromatic heterocycles. The minimum Gasteiger partial charge on any atom is -0.485 e. The summed E-state index contributed by atoms with van der Waals surface area (Å²) in [7, 11) is 3.86. The fourth-order valence-electron chi connectivity index (χ4n) is 3.22. The molecule has 2 fully saturated rings. The SMILES string of the molecule is CN(C)c1ncccc1O[C@@H]1CCN(C(=O)[C@@H]2CCC(=O)NC2)C1. The summed E-state index contributed by atoms with van der Waals surface area (Å²) in [6.45, 7) is 1.74. The van der Waals surface area contributed by atoms with Gasteiger partial charge in [-0.25, -0.2) is 4.98 Å². The number of hydrogen-bond donors (Lipinski definition) is 1. The molecule has 7 heteroatoms. The van der Waals surface area contributed by atoms with Crippen molar-refractivity contribution in [3.05, 3.63) is 18.3 Å². The minimum absolute atomic E-state index is 0.0185. The van der Waals surface area contributed by atoms with Gasteiger partial charge < -0.3 is 19.9 Å². The van der Waals surface area contributed by atoms with E-state index in [1.807, 2.05) is 36.0 Å². The van der Waals surface area contributed by atoms with Crippen LogP contribution in [-0.4, -0.2) is 61.5 Å². The molecule has 2 aliphatic rings. The zero-order valence-electron chi connectivity index (χ0n) is 14.2. The van der Waals surface area contributed by atoms with E-state index in [1.165, 1.54) is 0 Å². The van der Waals surface area contributed by atoms with Gasteiger partial charge in [0.2, 0.25) is 11.8 Å². The Morgan fingerprint density at radius 2 is 2.25 bits per heavy atom. The lowest BCUT2D eigenvalue weighted by Gasteiger charge is -2.26. The number of anilines is 1. The Morgan fingerprint density at radius 3 is 2.96 bits per heavy atom. The van der Waals surface area contributed by atoms with Crippen LogP contribution in [0.15, 0.2) is 18.3 Å². The highest BCUT2D eigenvalue weighted by atomic mass is 16.5. The van der Waals surface area contributed by atoms with Crippen LogP contribution < -0.4 is 15.0 Å². The third kappa shape index (κ3) is 3.60. The first-order valence-electron chi connectivity index (χ1n) is 8.39. The van der Waals surface area contributed by atoms with E-state index < -0.39 is 0 Å². The van der Waals surface area contributed by atoms with E-state index in [0.29, 0.717) is 32.5 Å². The molecule has 1 aromatic rings. The van der Waals surface area contributed by atoms with Crippen molar-refractivity contribution in [2.24, 2.45) is 5.92 Å². The number of carbonyl (C=O) groups excluding carboxylic acids is 2. The summed E-state index contributed by atoms with van der Waals surface area (Å²) >= 11 is 0. The molecular formula is C17H24N4O3. The molecule has 0 spiro atoms. The molecule has 3 rings (SSSR count). The second-order valence-electron chi connectivity index (χ2n) is 6.57. The lowest BCUT2D eigenvalue weighted by molar-refractivity contribution is -0.136. The number of pyridine rings is 1. The van der Waals surface area contributed by atoms with Crippen molar-refractivity contribution in [1.29, 1.82) is 0 Å². The molecule has 3 heterocycles. The Bertz CT molecular complexity index is 610. The average molecular weight is 332 g/mol. The van der Waals surface area contributed by atoms with Gasteiger partial charge in [-0.2, -0.15) is 0 Å². The number of rotatable bonds is 4.